The Hall–Kier alpha value is -2.14. The molecule has 1 N–H and O–H groups in total. The lowest BCUT2D eigenvalue weighted by atomic mass is 10.2. The van der Waals surface area contributed by atoms with E-state index >= 15 is 0 Å². The van der Waals surface area contributed by atoms with Crippen LogP contribution in [0.25, 0.3) is 11.0 Å². The van der Waals surface area contributed by atoms with Crippen LogP contribution in [0.3, 0.4) is 0 Å². The van der Waals surface area contributed by atoms with Gasteiger partial charge in [-0.15, -0.1) is 0 Å². The number of imidazole rings is 1. The first-order valence-corrected chi connectivity index (χ1v) is 7.26. The molecule has 1 aromatic carbocycles. The Morgan fingerprint density at radius 1 is 1.19 bits per heavy atom. The molecule has 0 amide bonds. The lowest BCUT2D eigenvalue weighted by molar-refractivity contribution is 0.403. The highest BCUT2D eigenvalue weighted by Gasteiger charge is 2.18. The second-order valence-corrected chi connectivity index (χ2v) is 5.52. The van der Waals surface area contributed by atoms with E-state index in [0.29, 0.717) is 12.6 Å². The summed E-state index contributed by atoms with van der Waals surface area (Å²) in [4.78, 5) is 4.79. The minimum atomic E-state index is 0.136. The molecular weight excluding hydrogens is 264 g/mol. The van der Waals surface area contributed by atoms with Crippen LogP contribution in [0.5, 0.6) is 0 Å². The first-order chi connectivity index (χ1) is 10.2. The minimum absolute atomic E-state index is 0.136. The number of benzene rings is 1. The van der Waals surface area contributed by atoms with Gasteiger partial charge in [0.05, 0.1) is 22.8 Å². The summed E-state index contributed by atoms with van der Waals surface area (Å²) in [6.07, 6.45) is 1.59. The maximum absolute atomic E-state index is 4.85. The molecule has 0 aliphatic carbocycles. The monoisotopic (exact) mass is 284 g/mol. The number of hydrogen-bond acceptors (Lipinski definition) is 4. The summed E-state index contributed by atoms with van der Waals surface area (Å²) in [7, 11) is 0. The van der Waals surface area contributed by atoms with Crippen LogP contribution in [0.15, 0.2) is 41.1 Å². The summed E-state index contributed by atoms with van der Waals surface area (Å²) in [5.74, 6) is 1.05. The van der Waals surface area contributed by atoms with Gasteiger partial charge in [-0.3, -0.25) is 0 Å². The van der Waals surface area contributed by atoms with Gasteiger partial charge in [-0.25, -0.2) is 4.98 Å². The molecule has 0 aliphatic rings. The molecule has 0 unspecified atom stereocenters. The number of fused-ring (bicyclic) bond motifs is 1. The van der Waals surface area contributed by atoms with Gasteiger partial charge in [0.2, 0.25) is 0 Å². The average molecular weight is 284 g/mol. The molecule has 21 heavy (non-hydrogen) atoms. The Morgan fingerprint density at radius 3 is 2.71 bits per heavy atom. The van der Waals surface area contributed by atoms with Gasteiger partial charge in [-0.2, -0.15) is 0 Å². The van der Waals surface area contributed by atoms with Gasteiger partial charge in [0, 0.05) is 18.7 Å². The van der Waals surface area contributed by atoms with Gasteiger partial charge in [0.15, 0.2) is 0 Å². The van der Waals surface area contributed by atoms with Crippen LogP contribution in [0.4, 0.5) is 0 Å². The third-order valence-corrected chi connectivity index (χ3v) is 3.61. The van der Waals surface area contributed by atoms with E-state index in [0.717, 1.165) is 17.0 Å². The highest BCUT2D eigenvalue weighted by Crippen LogP contribution is 2.24. The quantitative estimate of drug-likeness (QED) is 0.779. The Morgan fingerprint density at radius 2 is 2.00 bits per heavy atom. The molecule has 3 rings (SSSR count). The zero-order chi connectivity index (χ0) is 14.8. The van der Waals surface area contributed by atoms with E-state index in [4.69, 9.17) is 9.51 Å². The normalized spacial score (nSPS) is 13.1. The second kappa shape index (κ2) is 5.69. The van der Waals surface area contributed by atoms with Crippen LogP contribution in [-0.2, 0) is 6.54 Å². The molecule has 2 heterocycles. The van der Waals surface area contributed by atoms with Gasteiger partial charge in [-0.05, 0) is 32.9 Å². The second-order valence-electron chi connectivity index (χ2n) is 5.52. The van der Waals surface area contributed by atoms with Crippen molar-refractivity contribution in [3.8, 4) is 0 Å². The number of nitrogens with one attached hydrogen (secondary N) is 1. The summed E-state index contributed by atoms with van der Waals surface area (Å²) < 4.78 is 7.14. The molecule has 5 nitrogen and oxygen atoms in total. The van der Waals surface area contributed by atoms with Gasteiger partial charge in [0.25, 0.3) is 0 Å². The first-order valence-electron chi connectivity index (χ1n) is 7.26. The molecule has 0 spiro atoms. The molecule has 3 aromatic rings. The zero-order valence-electron chi connectivity index (χ0n) is 12.6. The Balaban J connectivity index is 1.89. The molecule has 0 radical (unpaired) electrons. The first kappa shape index (κ1) is 13.8. The molecule has 0 aliphatic heterocycles. The number of nitrogens with zero attached hydrogens (tertiary/aromatic N) is 3. The highest BCUT2D eigenvalue weighted by molar-refractivity contribution is 5.76. The summed E-state index contributed by atoms with van der Waals surface area (Å²) in [6.45, 7) is 7.16. The largest absolute Gasteiger partial charge is 0.364 e. The molecule has 5 heteroatoms. The average Bonchev–Trinajstić information content (AvgIpc) is 3.11. The van der Waals surface area contributed by atoms with E-state index in [1.807, 2.05) is 12.1 Å². The highest BCUT2D eigenvalue weighted by atomic mass is 16.5. The van der Waals surface area contributed by atoms with Crippen LogP contribution in [0, 0.1) is 0 Å². The summed E-state index contributed by atoms with van der Waals surface area (Å²) >= 11 is 0. The standard InChI is InChI=1S/C16H20N4O/c1-11(2)20-15-7-5-4-6-14(15)18-16(20)12(3)17-10-13-8-9-21-19-13/h4-9,11-12,17H,10H2,1-3H3/t12-/m1/s1. The maximum Gasteiger partial charge on any atom is 0.127 e. The Labute approximate surface area is 124 Å². The van der Waals surface area contributed by atoms with Gasteiger partial charge >= 0.3 is 0 Å². The van der Waals surface area contributed by atoms with E-state index in [1.54, 1.807) is 6.26 Å². The number of para-hydroxylation sites is 2. The predicted molar refractivity (Wildman–Crippen MR) is 81.9 cm³/mol. The SMILES string of the molecule is CC(C)n1c([C@@H](C)NCc2ccon2)nc2ccccc21. The lowest BCUT2D eigenvalue weighted by Gasteiger charge is -2.18. The summed E-state index contributed by atoms with van der Waals surface area (Å²) in [5, 5.41) is 7.37. The summed E-state index contributed by atoms with van der Waals surface area (Å²) in [6, 6.07) is 10.6. The van der Waals surface area contributed by atoms with Crippen LogP contribution in [0.2, 0.25) is 0 Å². The van der Waals surface area contributed by atoms with E-state index in [2.05, 4.69) is 54.0 Å². The van der Waals surface area contributed by atoms with Crippen molar-refractivity contribution in [2.45, 2.75) is 39.4 Å². The fourth-order valence-electron chi connectivity index (χ4n) is 2.59. The molecule has 1 atom stereocenters. The van der Waals surface area contributed by atoms with Crippen LogP contribution < -0.4 is 5.32 Å². The fourth-order valence-corrected chi connectivity index (χ4v) is 2.59. The number of rotatable bonds is 5. The van der Waals surface area contributed by atoms with Gasteiger partial charge < -0.3 is 14.4 Å². The van der Waals surface area contributed by atoms with Gasteiger partial charge in [0.1, 0.15) is 12.1 Å². The van der Waals surface area contributed by atoms with Crippen molar-refractivity contribution in [2.24, 2.45) is 0 Å². The van der Waals surface area contributed by atoms with Crippen molar-refractivity contribution in [1.82, 2.24) is 20.0 Å². The lowest BCUT2D eigenvalue weighted by Crippen LogP contribution is -2.22. The van der Waals surface area contributed by atoms with E-state index < -0.39 is 0 Å². The Bertz CT molecular complexity index is 715. The maximum atomic E-state index is 4.85. The van der Waals surface area contributed by atoms with E-state index in [1.165, 1.54) is 5.52 Å². The van der Waals surface area contributed by atoms with Crippen LogP contribution in [0.1, 0.15) is 44.4 Å². The molecule has 110 valence electrons. The fraction of sp³-hybridized carbons (Fsp3) is 0.375. The third kappa shape index (κ3) is 2.69. The van der Waals surface area contributed by atoms with Crippen molar-refractivity contribution in [3.63, 3.8) is 0 Å². The number of hydrogen-bond donors (Lipinski definition) is 1. The van der Waals surface area contributed by atoms with Crippen molar-refractivity contribution in [3.05, 3.63) is 48.1 Å². The summed E-state index contributed by atoms with van der Waals surface area (Å²) in [5.41, 5.74) is 3.11. The van der Waals surface area contributed by atoms with Crippen LogP contribution in [-0.4, -0.2) is 14.7 Å². The van der Waals surface area contributed by atoms with Crippen LogP contribution >= 0.6 is 0 Å². The van der Waals surface area contributed by atoms with E-state index in [-0.39, 0.29) is 6.04 Å². The van der Waals surface area contributed by atoms with Gasteiger partial charge in [-0.1, -0.05) is 17.3 Å². The molecule has 0 saturated heterocycles. The number of aromatic nitrogens is 3. The van der Waals surface area contributed by atoms with Crippen molar-refractivity contribution in [1.29, 1.82) is 0 Å². The molecular formula is C16H20N4O. The predicted octanol–water partition coefficient (Wildman–Crippen LogP) is 3.46. The minimum Gasteiger partial charge on any atom is -0.364 e. The molecule has 0 bridgehead atoms. The van der Waals surface area contributed by atoms with Crippen molar-refractivity contribution < 1.29 is 4.52 Å². The molecule has 0 fully saturated rings. The zero-order valence-corrected chi connectivity index (χ0v) is 12.6. The Kier molecular flexibility index (Phi) is 3.75. The smallest absolute Gasteiger partial charge is 0.127 e. The van der Waals surface area contributed by atoms with E-state index in [9.17, 15) is 0 Å². The van der Waals surface area contributed by atoms with Crippen molar-refractivity contribution in [2.75, 3.05) is 0 Å². The third-order valence-electron chi connectivity index (χ3n) is 3.61. The molecule has 0 saturated carbocycles. The topological polar surface area (TPSA) is 55.9 Å². The van der Waals surface area contributed by atoms with Crippen molar-refractivity contribution >= 4 is 11.0 Å². The molecule has 2 aromatic heterocycles.